The molecule has 2 N–H and O–H groups in total. The number of piperidine rings is 3. The van der Waals surface area contributed by atoms with Crippen molar-refractivity contribution in [2.45, 2.75) is 82.1 Å². The van der Waals surface area contributed by atoms with Gasteiger partial charge in [-0.15, -0.1) is 0 Å². The summed E-state index contributed by atoms with van der Waals surface area (Å²) in [5, 5.41) is 10.9. The fourth-order valence-electron chi connectivity index (χ4n) is 9.91. The number of aromatic amines is 1. The van der Waals surface area contributed by atoms with Gasteiger partial charge in [0.25, 0.3) is 5.91 Å². The van der Waals surface area contributed by atoms with Gasteiger partial charge in [-0.3, -0.25) is 29.7 Å². The second kappa shape index (κ2) is 15.6. The van der Waals surface area contributed by atoms with Crippen molar-refractivity contribution >= 4 is 40.1 Å². The number of hydrogen-bond donors (Lipinski definition) is 2. The van der Waals surface area contributed by atoms with E-state index in [0.717, 1.165) is 85.2 Å². The minimum atomic E-state index is -1.33. The highest BCUT2D eigenvalue weighted by Crippen LogP contribution is 2.41. The van der Waals surface area contributed by atoms with Crippen LogP contribution >= 0.6 is 0 Å². The number of hydrogen-bond acceptors (Lipinski definition) is 11. The Bertz CT molecular complexity index is 2380. The van der Waals surface area contributed by atoms with Crippen molar-refractivity contribution in [1.82, 2.24) is 40.2 Å². The zero-order valence-corrected chi connectivity index (χ0v) is 34.4. The van der Waals surface area contributed by atoms with Gasteiger partial charge in [-0.25, -0.2) is 23.1 Å². The number of aromatic nitrogens is 4. The van der Waals surface area contributed by atoms with Crippen molar-refractivity contribution < 1.29 is 35.1 Å². The number of likely N-dealkylation sites (tertiary alicyclic amines) is 1. The number of H-pyrrole nitrogens is 1. The molecule has 326 valence electrons. The van der Waals surface area contributed by atoms with Gasteiger partial charge in [0.1, 0.15) is 52.4 Å². The van der Waals surface area contributed by atoms with Crippen LogP contribution in [0.2, 0.25) is 0 Å². The normalized spacial score (nSPS) is 23.4. The first-order chi connectivity index (χ1) is 29.4. The van der Waals surface area contributed by atoms with Crippen LogP contribution in [0, 0.1) is 17.6 Å². The number of carbonyl (C=O) groups is 3. The predicted molar refractivity (Wildman–Crippen MR) is 225 cm³/mol. The lowest BCUT2D eigenvalue weighted by molar-refractivity contribution is -0.136. The number of nitrogens with one attached hydrogen (secondary N) is 2. The van der Waals surface area contributed by atoms with E-state index in [1.54, 1.807) is 11.2 Å². The zero-order chi connectivity index (χ0) is 42.0. The molecular formula is C44H55F3N10O4. The molecule has 6 aliphatic rings. The molecule has 61 heavy (non-hydrogen) atoms. The summed E-state index contributed by atoms with van der Waals surface area (Å²) in [4.78, 5) is 56.0. The molecule has 0 radical (unpaired) electrons. The number of carbonyl (C=O) groups excluding carboxylic acids is 3. The fraction of sp³-hybridized carbons (Fsp3) is 0.545. The van der Waals surface area contributed by atoms with E-state index in [4.69, 9.17) is 4.74 Å². The molecule has 1 aliphatic carbocycles. The number of halogens is 3. The van der Waals surface area contributed by atoms with Crippen LogP contribution < -0.4 is 19.9 Å². The number of nitrogens with zero attached hydrogens (tertiary/aromatic N) is 8. The Morgan fingerprint density at radius 1 is 0.885 bits per heavy atom. The van der Waals surface area contributed by atoms with Gasteiger partial charge in [0, 0.05) is 91.7 Å². The number of anilines is 2. The van der Waals surface area contributed by atoms with Crippen LogP contribution in [0.25, 0.3) is 22.3 Å². The molecule has 1 unspecified atom stereocenters. The van der Waals surface area contributed by atoms with Crippen LogP contribution in [0.4, 0.5) is 24.7 Å². The number of rotatable bonds is 10. The predicted octanol–water partition coefficient (Wildman–Crippen LogP) is 5.33. The molecule has 5 aliphatic heterocycles. The van der Waals surface area contributed by atoms with Crippen molar-refractivity contribution in [3.63, 3.8) is 0 Å². The fourth-order valence-corrected chi connectivity index (χ4v) is 9.91. The summed E-state index contributed by atoms with van der Waals surface area (Å²) in [5.74, 6) is -1.07. The molecule has 0 spiro atoms. The first kappa shape index (κ1) is 39.8. The lowest BCUT2D eigenvalue weighted by Crippen LogP contribution is -2.54. The van der Waals surface area contributed by atoms with E-state index in [-0.39, 0.29) is 51.2 Å². The van der Waals surface area contributed by atoms with Gasteiger partial charge in [-0.1, -0.05) is 0 Å². The van der Waals surface area contributed by atoms with E-state index in [1.807, 2.05) is 29.2 Å². The quantitative estimate of drug-likeness (QED) is 0.200. The van der Waals surface area contributed by atoms with Gasteiger partial charge in [-0.05, 0) is 82.1 Å². The van der Waals surface area contributed by atoms with E-state index in [2.05, 4.69) is 42.2 Å². The summed E-state index contributed by atoms with van der Waals surface area (Å²) in [6, 6.07) is 8.17. The van der Waals surface area contributed by atoms with Crippen molar-refractivity contribution in [1.29, 1.82) is 0 Å². The molecule has 0 bridgehead atoms. The molecule has 10 rings (SSSR count). The number of amides is 3. The second-order valence-electron chi connectivity index (χ2n) is 18.2. The van der Waals surface area contributed by atoms with E-state index >= 15 is 13.2 Å². The van der Waals surface area contributed by atoms with Crippen molar-refractivity contribution in [2.24, 2.45) is 5.92 Å². The van der Waals surface area contributed by atoms with Crippen molar-refractivity contribution in [3.05, 3.63) is 59.4 Å². The molecule has 2 aromatic carbocycles. The van der Waals surface area contributed by atoms with Gasteiger partial charge in [0.2, 0.25) is 11.8 Å². The third-order valence-electron chi connectivity index (χ3n) is 13.9. The average molecular weight is 845 g/mol. The van der Waals surface area contributed by atoms with Gasteiger partial charge >= 0.3 is 0 Å². The number of imide groups is 1. The SMILES string of the molecule is CC1(Oc2ccc3[nH]nc(-c4cc(N5CCC(CN6CCC(F)(CN7CCN(c8c(F)cc9c(c8F)CN(C8CCC(=O)NC8=O)C9=O)CC7)CC6)CC5)ncn4)c3c2)CC1.[HH].[HH]. The summed E-state index contributed by atoms with van der Waals surface area (Å²) in [7, 11) is 0. The highest BCUT2D eigenvalue weighted by molar-refractivity contribution is 6.05. The van der Waals surface area contributed by atoms with Crippen molar-refractivity contribution in [3.8, 4) is 17.1 Å². The van der Waals surface area contributed by atoms with E-state index in [9.17, 15) is 14.4 Å². The molecule has 1 atom stereocenters. The standard InChI is InChI=1S/C44H51F3N10O4.2H2/c1-43(8-9-43)61-28-2-3-33-30(20-28)39(52-51-33)34-22-36(49-26-48-34)55-12-6-27(7-13-55)23-53-14-10-44(47,11-15-53)25-54-16-18-56(19-17-54)40-32(45)21-29-31(38(40)46)24-57(42(29)60)35-4-5-37(58)50-41(35)59;;/h2-3,20-22,26-27,35H,4-19,23-25H2,1H3,(H,51,52)(H,50,58,59);2*1H. The van der Waals surface area contributed by atoms with Crippen LogP contribution in [0.3, 0.4) is 0 Å². The van der Waals surface area contributed by atoms with E-state index in [0.29, 0.717) is 58.0 Å². The minimum absolute atomic E-state index is 0. The smallest absolute Gasteiger partial charge is 0.255 e. The molecule has 7 heterocycles. The molecule has 14 nitrogen and oxygen atoms in total. The van der Waals surface area contributed by atoms with Gasteiger partial charge in [-0.2, -0.15) is 5.10 Å². The topological polar surface area (TPSA) is 143 Å². The number of ether oxygens (including phenoxy) is 1. The minimum Gasteiger partial charge on any atom is -0.488 e. The molecule has 3 amide bonds. The lowest BCUT2D eigenvalue weighted by Gasteiger charge is -2.43. The number of fused-ring (bicyclic) bond motifs is 2. The number of alkyl halides is 1. The largest absolute Gasteiger partial charge is 0.488 e. The molecule has 4 aromatic rings. The molecule has 5 fully saturated rings. The van der Waals surface area contributed by atoms with Crippen LogP contribution in [-0.4, -0.2) is 135 Å². The first-order valence-electron chi connectivity index (χ1n) is 21.7. The summed E-state index contributed by atoms with van der Waals surface area (Å²) in [6.45, 7) is 7.84. The van der Waals surface area contributed by atoms with Crippen LogP contribution in [-0.2, 0) is 16.1 Å². The molecule has 17 heteroatoms. The maximum atomic E-state index is 16.3. The number of benzene rings is 2. The lowest BCUT2D eigenvalue weighted by atomic mass is 9.90. The monoisotopic (exact) mass is 844 g/mol. The average Bonchev–Trinajstić information content (AvgIpc) is 3.67. The van der Waals surface area contributed by atoms with Crippen molar-refractivity contribution in [2.75, 3.05) is 75.2 Å². The maximum absolute atomic E-state index is 16.3. The Morgan fingerprint density at radius 2 is 1.66 bits per heavy atom. The van der Waals surface area contributed by atoms with Crippen LogP contribution in [0.1, 0.15) is 77.1 Å². The maximum Gasteiger partial charge on any atom is 0.255 e. The summed E-state index contributed by atoms with van der Waals surface area (Å²) in [5.41, 5.74) is 0.822. The van der Waals surface area contributed by atoms with Gasteiger partial charge < -0.3 is 24.3 Å². The zero-order valence-electron chi connectivity index (χ0n) is 34.4. The molecule has 2 aromatic heterocycles. The third kappa shape index (κ3) is 7.90. The summed E-state index contributed by atoms with van der Waals surface area (Å²) in [6.07, 6.45) is 6.86. The highest BCUT2D eigenvalue weighted by Gasteiger charge is 2.43. The molecule has 4 saturated heterocycles. The third-order valence-corrected chi connectivity index (χ3v) is 13.9. The second-order valence-corrected chi connectivity index (χ2v) is 18.2. The highest BCUT2D eigenvalue weighted by atomic mass is 19.1. The molecular weight excluding hydrogens is 790 g/mol. The van der Waals surface area contributed by atoms with Crippen LogP contribution in [0.5, 0.6) is 5.75 Å². The Morgan fingerprint density at radius 3 is 2.39 bits per heavy atom. The van der Waals surface area contributed by atoms with E-state index < -0.39 is 41.1 Å². The van der Waals surface area contributed by atoms with E-state index in [1.165, 1.54) is 4.90 Å². The van der Waals surface area contributed by atoms with Gasteiger partial charge in [0.15, 0.2) is 5.82 Å². The van der Waals surface area contributed by atoms with Gasteiger partial charge in [0.05, 0.1) is 23.3 Å². The Hall–Kier alpha value is -5.29. The number of piperazine rings is 1. The Balaban J connectivity index is 0.00000272. The summed E-state index contributed by atoms with van der Waals surface area (Å²) < 4.78 is 54.0. The van der Waals surface area contributed by atoms with Crippen LogP contribution in [0.15, 0.2) is 36.7 Å². The Labute approximate surface area is 354 Å². The first-order valence-corrected chi connectivity index (χ1v) is 21.7. The summed E-state index contributed by atoms with van der Waals surface area (Å²) >= 11 is 0. The Kier molecular flexibility index (Phi) is 10.2. The molecule has 1 saturated carbocycles.